The van der Waals surface area contributed by atoms with E-state index < -0.39 is 0 Å². The SMILES string of the molecule is CCOC(=O)[C@@H]1CCC[C@H](C(=O)OCC)[Se]1. The third kappa shape index (κ3) is 3.80. The monoisotopic (exact) mass is 294 g/mol. The second-order valence-corrected chi connectivity index (χ2v) is 6.51. The van der Waals surface area contributed by atoms with E-state index in [-0.39, 0.29) is 36.5 Å². The van der Waals surface area contributed by atoms with Gasteiger partial charge in [-0.15, -0.1) is 0 Å². The molecule has 16 heavy (non-hydrogen) atoms. The molecule has 5 heteroatoms. The van der Waals surface area contributed by atoms with Crippen molar-refractivity contribution in [2.75, 3.05) is 13.2 Å². The zero-order chi connectivity index (χ0) is 12.0. The molecule has 0 saturated carbocycles. The van der Waals surface area contributed by atoms with Crippen molar-refractivity contribution in [1.29, 1.82) is 0 Å². The molecule has 4 nitrogen and oxygen atoms in total. The number of rotatable bonds is 4. The van der Waals surface area contributed by atoms with Gasteiger partial charge >= 0.3 is 102 Å². The predicted molar refractivity (Wildman–Crippen MR) is 60.4 cm³/mol. The van der Waals surface area contributed by atoms with Crippen LogP contribution in [0.2, 0.25) is 9.63 Å². The molecule has 0 aromatic heterocycles. The van der Waals surface area contributed by atoms with Crippen LogP contribution in [0.15, 0.2) is 0 Å². The van der Waals surface area contributed by atoms with E-state index in [0.717, 1.165) is 19.3 Å². The molecular weight excluding hydrogens is 275 g/mol. The average Bonchev–Trinajstić information content (AvgIpc) is 2.30. The van der Waals surface area contributed by atoms with E-state index in [9.17, 15) is 9.59 Å². The van der Waals surface area contributed by atoms with E-state index in [2.05, 4.69) is 0 Å². The summed E-state index contributed by atoms with van der Waals surface area (Å²) in [6.07, 6.45) is 2.62. The summed E-state index contributed by atoms with van der Waals surface area (Å²) in [5.74, 6) is -0.284. The maximum atomic E-state index is 11.6. The Morgan fingerprint density at radius 1 is 1.06 bits per heavy atom. The number of carbonyl (C=O) groups is 2. The number of esters is 2. The summed E-state index contributed by atoms with van der Waals surface area (Å²) in [5.41, 5.74) is 0. The van der Waals surface area contributed by atoms with E-state index in [1.165, 1.54) is 0 Å². The first kappa shape index (κ1) is 13.5. The standard InChI is InChI=1S/C11H18O4Se/c1-3-14-10(12)8-6-5-7-9(16-8)11(13)15-4-2/h8-9H,3-7H2,1-2H3/t8-,9+. The van der Waals surface area contributed by atoms with Gasteiger partial charge in [-0.25, -0.2) is 0 Å². The Hall–Kier alpha value is -0.541. The summed E-state index contributed by atoms with van der Waals surface area (Å²) in [6, 6.07) is 0. The normalized spacial score (nSPS) is 24.9. The molecule has 0 aromatic carbocycles. The quantitative estimate of drug-likeness (QED) is 0.583. The second-order valence-electron chi connectivity index (χ2n) is 3.55. The Labute approximate surface area is 102 Å². The first-order chi connectivity index (χ1) is 7.69. The van der Waals surface area contributed by atoms with Crippen LogP contribution in [0.1, 0.15) is 33.1 Å². The molecule has 0 N–H and O–H groups in total. The maximum absolute atomic E-state index is 11.6. The number of ether oxygens (including phenoxy) is 2. The van der Waals surface area contributed by atoms with Crippen molar-refractivity contribution >= 4 is 26.9 Å². The van der Waals surface area contributed by atoms with Gasteiger partial charge in [-0.2, -0.15) is 0 Å². The van der Waals surface area contributed by atoms with Crippen molar-refractivity contribution in [2.24, 2.45) is 0 Å². The summed E-state index contributed by atoms with van der Waals surface area (Å²) in [5, 5.41) is 0. The zero-order valence-corrected chi connectivity index (χ0v) is 11.4. The van der Waals surface area contributed by atoms with Gasteiger partial charge in [-0.05, 0) is 0 Å². The first-order valence-corrected chi connectivity index (χ1v) is 7.65. The molecule has 1 heterocycles. The summed E-state index contributed by atoms with van der Waals surface area (Å²) in [4.78, 5) is 23.0. The molecule has 1 rings (SSSR count). The van der Waals surface area contributed by atoms with Crippen LogP contribution < -0.4 is 0 Å². The first-order valence-electron chi connectivity index (χ1n) is 5.67. The van der Waals surface area contributed by atoms with Crippen LogP contribution >= 0.6 is 0 Å². The third-order valence-corrected chi connectivity index (χ3v) is 5.54. The Balaban J connectivity index is 2.46. The average molecular weight is 293 g/mol. The van der Waals surface area contributed by atoms with Gasteiger partial charge in [0.15, 0.2) is 0 Å². The van der Waals surface area contributed by atoms with Crippen molar-refractivity contribution in [1.82, 2.24) is 0 Å². The summed E-state index contributed by atoms with van der Waals surface area (Å²) in [7, 11) is 0. The van der Waals surface area contributed by atoms with Crippen LogP contribution in [0.5, 0.6) is 0 Å². The van der Waals surface area contributed by atoms with Crippen LogP contribution in [-0.2, 0) is 19.1 Å². The fourth-order valence-corrected chi connectivity index (χ4v) is 4.49. The van der Waals surface area contributed by atoms with E-state index in [1.807, 2.05) is 0 Å². The van der Waals surface area contributed by atoms with Crippen LogP contribution in [0, 0.1) is 0 Å². The number of carbonyl (C=O) groups excluding carboxylic acids is 2. The summed E-state index contributed by atoms with van der Waals surface area (Å²) >= 11 is -0.0171. The molecule has 0 aromatic rings. The molecule has 0 radical (unpaired) electrons. The van der Waals surface area contributed by atoms with Gasteiger partial charge < -0.3 is 0 Å². The fourth-order valence-electron chi connectivity index (χ4n) is 1.64. The van der Waals surface area contributed by atoms with Gasteiger partial charge in [0.25, 0.3) is 0 Å². The van der Waals surface area contributed by atoms with Crippen molar-refractivity contribution in [3.63, 3.8) is 0 Å². The molecule has 1 fully saturated rings. The van der Waals surface area contributed by atoms with Crippen LogP contribution in [0.4, 0.5) is 0 Å². The Bertz CT molecular complexity index is 230. The molecule has 0 amide bonds. The van der Waals surface area contributed by atoms with E-state index in [0.29, 0.717) is 13.2 Å². The Morgan fingerprint density at radius 2 is 1.50 bits per heavy atom. The van der Waals surface area contributed by atoms with Crippen molar-refractivity contribution in [3.05, 3.63) is 0 Å². The molecule has 1 aliphatic rings. The van der Waals surface area contributed by atoms with Gasteiger partial charge in [0.05, 0.1) is 0 Å². The Morgan fingerprint density at radius 3 is 1.88 bits per heavy atom. The summed E-state index contributed by atoms with van der Waals surface area (Å²) in [6.45, 7) is 4.43. The van der Waals surface area contributed by atoms with Crippen molar-refractivity contribution < 1.29 is 19.1 Å². The van der Waals surface area contributed by atoms with Gasteiger partial charge in [0, 0.05) is 0 Å². The Kier molecular flexibility index (Phi) is 5.85. The van der Waals surface area contributed by atoms with Crippen LogP contribution in [-0.4, -0.2) is 40.1 Å². The fraction of sp³-hybridized carbons (Fsp3) is 0.818. The van der Waals surface area contributed by atoms with Crippen molar-refractivity contribution in [3.8, 4) is 0 Å². The second kappa shape index (κ2) is 6.92. The van der Waals surface area contributed by atoms with Crippen LogP contribution in [0.25, 0.3) is 0 Å². The van der Waals surface area contributed by atoms with E-state index in [1.54, 1.807) is 13.8 Å². The minimum atomic E-state index is -0.142. The zero-order valence-electron chi connectivity index (χ0n) is 9.73. The summed E-state index contributed by atoms with van der Waals surface area (Å²) < 4.78 is 9.99. The van der Waals surface area contributed by atoms with Crippen LogP contribution in [0.3, 0.4) is 0 Å². The molecular formula is C11H18O4Se. The molecule has 2 atom stereocenters. The van der Waals surface area contributed by atoms with Gasteiger partial charge in [-0.3, -0.25) is 0 Å². The topological polar surface area (TPSA) is 52.6 Å². The van der Waals surface area contributed by atoms with Gasteiger partial charge in [0.2, 0.25) is 0 Å². The van der Waals surface area contributed by atoms with E-state index in [4.69, 9.17) is 9.47 Å². The molecule has 0 aliphatic carbocycles. The molecule has 0 spiro atoms. The molecule has 0 unspecified atom stereocenters. The van der Waals surface area contributed by atoms with Crippen molar-refractivity contribution in [2.45, 2.75) is 42.7 Å². The number of hydrogen-bond acceptors (Lipinski definition) is 4. The van der Waals surface area contributed by atoms with Gasteiger partial charge in [0.1, 0.15) is 0 Å². The molecule has 0 bridgehead atoms. The van der Waals surface area contributed by atoms with E-state index >= 15 is 0 Å². The predicted octanol–water partition coefficient (Wildman–Crippen LogP) is 1.58. The molecule has 92 valence electrons. The minimum absolute atomic E-state index is 0.0171. The van der Waals surface area contributed by atoms with Gasteiger partial charge in [-0.1, -0.05) is 0 Å². The molecule has 1 aliphatic heterocycles. The number of hydrogen-bond donors (Lipinski definition) is 0. The third-order valence-electron chi connectivity index (χ3n) is 2.36. The molecule has 1 saturated heterocycles.